The van der Waals surface area contributed by atoms with Gasteiger partial charge in [-0.3, -0.25) is 9.47 Å². The molecule has 2 aliphatic rings. The Balaban J connectivity index is 1.33. The first-order valence-electron chi connectivity index (χ1n) is 10.5. The molecule has 2 aromatic rings. The Kier molecular flexibility index (Phi) is 6.21. The number of imidazole rings is 1. The number of hydrogen-bond acceptors (Lipinski definition) is 4. The number of guanidine groups is 1. The van der Waals surface area contributed by atoms with E-state index in [-0.39, 0.29) is 0 Å². The number of hydrogen-bond donors (Lipinski definition) is 2. The van der Waals surface area contributed by atoms with Gasteiger partial charge >= 0.3 is 0 Å². The van der Waals surface area contributed by atoms with E-state index in [1.807, 2.05) is 23.0 Å². The zero-order chi connectivity index (χ0) is 19.2. The van der Waals surface area contributed by atoms with Crippen molar-refractivity contribution in [3.63, 3.8) is 0 Å². The van der Waals surface area contributed by atoms with E-state index in [1.165, 1.54) is 38.6 Å². The summed E-state index contributed by atoms with van der Waals surface area (Å²) in [4.78, 5) is 16.0. The molecule has 1 unspecified atom stereocenters. The Bertz CT molecular complexity index is 748. The van der Waals surface area contributed by atoms with E-state index in [0.29, 0.717) is 12.6 Å². The number of nitrogens with one attached hydrogen (secondary N) is 2. The molecule has 0 aromatic carbocycles. The van der Waals surface area contributed by atoms with Crippen LogP contribution in [0.2, 0.25) is 0 Å². The standard InChI is InChI=1S/C21H31N7/c1-2-23-21(26-18-9-11-27(15-18)19-5-3-4-6-19)25-14-17-7-8-20(24-13-17)28-12-10-22-16-28/h7-8,10,12-13,16,18-19H,2-6,9,11,14-15H2,1H3,(H2,23,25,26). The maximum Gasteiger partial charge on any atom is 0.191 e. The van der Waals surface area contributed by atoms with Gasteiger partial charge in [0.15, 0.2) is 5.96 Å². The summed E-state index contributed by atoms with van der Waals surface area (Å²) in [6.07, 6.45) is 14.0. The number of rotatable bonds is 6. The second kappa shape index (κ2) is 9.19. The Hall–Kier alpha value is -2.41. The average Bonchev–Trinajstić information content (AvgIpc) is 3.49. The van der Waals surface area contributed by atoms with Gasteiger partial charge in [-0.1, -0.05) is 18.9 Å². The highest BCUT2D eigenvalue weighted by atomic mass is 15.3. The molecular weight excluding hydrogens is 350 g/mol. The fourth-order valence-electron chi connectivity index (χ4n) is 4.25. The van der Waals surface area contributed by atoms with Gasteiger partial charge < -0.3 is 10.6 Å². The van der Waals surface area contributed by atoms with Crippen LogP contribution in [0.4, 0.5) is 0 Å². The molecule has 2 N–H and O–H groups in total. The van der Waals surface area contributed by atoms with Crippen LogP contribution in [0.15, 0.2) is 42.0 Å². The highest BCUT2D eigenvalue weighted by molar-refractivity contribution is 5.80. The SMILES string of the molecule is CCNC(=NCc1ccc(-n2ccnc2)nc1)NC1CCN(C2CCCC2)C1. The molecule has 150 valence electrons. The molecule has 1 aliphatic carbocycles. The second-order valence-corrected chi connectivity index (χ2v) is 7.75. The van der Waals surface area contributed by atoms with Gasteiger partial charge in [0.25, 0.3) is 0 Å². The number of aromatic nitrogens is 3. The molecule has 3 heterocycles. The van der Waals surface area contributed by atoms with Crippen LogP contribution in [0.3, 0.4) is 0 Å². The highest BCUT2D eigenvalue weighted by Gasteiger charge is 2.30. The molecule has 0 bridgehead atoms. The van der Waals surface area contributed by atoms with E-state index < -0.39 is 0 Å². The Morgan fingerprint density at radius 1 is 1.25 bits per heavy atom. The van der Waals surface area contributed by atoms with E-state index in [2.05, 4.69) is 38.5 Å². The van der Waals surface area contributed by atoms with Crippen molar-refractivity contribution < 1.29 is 0 Å². The largest absolute Gasteiger partial charge is 0.357 e. The molecule has 1 saturated heterocycles. The Morgan fingerprint density at radius 3 is 2.86 bits per heavy atom. The van der Waals surface area contributed by atoms with Crippen LogP contribution in [0.25, 0.3) is 5.82 Å². The van der Waals surface area contributed by atoms with Crippen LogP contribution in [-0.2, 0) is 6.54 Å². The first-order valence-corrected chi connectivity index (χ1v) is 10.5. The van der Waals surface area contributed by atoms with E-state index >= 15 is 0 Å². The topological polar surface area (TPSA) is 70.4 Å². The first-order chi connectivity index (χ1) is 13.8. The molecule has 7 nitrogen and oxygen atoms in total. The molecule has 2 aromatic heterocycles. The molecule has 0 spiro atoms. The summed E-state index contributed by atoms with van der Waals surface area (Å²) in [5.41, 5.74) is 1.10. The van der Waals surface area contributed by atoms with Crippen LogP contribution in [0.1, 0.15) is 44.6 Å². The summed E-state index contributed by atoms with van der Waals surface area (Å²) in [6.45, 7) is 5.93. The van der Waals surface area contributed by atoms with E-state index in [9.17, 15) is 0 Å². The maximum atomic E-state index is 4.78. The Labute approximate surface area is 167 Å². The van der Waals surface area contributed by atoms with Crippen LogP contribution < -0.4 is 10.6 Å². The van der Waals surface area contributed by atoms with E-state index in [1.54, 1.807) is 12.5 Å². The van der Waals surface area contributed by atoms with Crippen LogP contribution in [0, 0.1) is 0 Å². The van der Waals surface area contributed by atoms with Crippen molar-refractivity contribution in [3.05, 3.63) is 42.6 Å². The fourth-order valence-corrected chi connectivity index (χ4v) is 4.25. The van der Waals surface area contributed by atoms with Gasteiger partial charge in [-0.15, -0.1) is 0 Å². The summed E-state index contributed by atoms with van der Waals surface area (Å²) < 4.78 is 1.90. The summed E-state index contributed by atoms with van der Waals surface area (Å²) in [5, 5.41) is 7.02. The number of pyridine rings is 1. The molecule has 7 heteroatoms. The van der Waals surface area contributed by atoms with Gasteiger partial charge in [0.05, 0.1) is 6.54 Å². The van der Waals surface area contributed by atoms with Crippen molar-refractivity contribution in [1.82, 2.24) is 30.1 Å². The van der Waals surface area contributed by atoms with Gasteiger partial charge in [0.1, 0.15) is 12.1 Å². The van der Waals surface area contributed by atoms with Crippen molar-refractivity contribution in [3.8, 4) is 5.82 Å². The second-order valence-electron chi connectivity index (χ2n) is 7.75. The monoisotopic (exact) mass is 381 g/mol. The minimum atomic E-state index is 0.486. The summed E-state index contributed by atoms with van der Waals surface area (Å²) in [7, 11) is 0. The van der Waals surface area contributed by atoms with Crippen molar-refractivity contribution >= 4 is 5.96 Å². The zero-order valence-corrected chi connectivity index (χ0v) is 16.7. The molecule has 0 amide bonds. The molecule has 2 fully saturated rings. The Morgan fingerprint density at radius 2 is 2.14 bits per heavy atom. The van der Waals surface area contributed by atoms with Crippen LogP contribution in [-0.4, -0.2) is 57.1 Å². The predicted octanol–water partition coefficient (Wildman–Crippen LogP) is 2.34. The third kappa shape index (κ3) is 4.70. The fraction of sp³-hybridized carbons (Fsp3) is 0.571. The zero-order valence-electron chi connectivity index (χ0n) is 16.7. The third-order valence-electron chi connectivity index (χ3n) is 5.74. The van der Waals surface area contributed by atoms with Gasteiger partial charge in [0.2, 0.25) is 0 Å². The molecule has 1 saturated carbocycles. The molecular formula is C21H31N7. The van der Waals surface area contributed by atoms with Gasteiger partial charge in [-0.2, -0.15) is 0 Å². The summed E-state index contributed by atoms with van der Waals surface area (Å²) in [5.74, 6) is 1.77. The maximum absolute atomic E-state index is 4.78. The molecule has 1 atom stereocenters. The van der Waals surface area contributed by atoms with Crippen molar-refractivity contribution in [1.29, 1.82) is 0 Å². The first kappa shape index (κ1) is 18.9. The minimum absolute atomic E-state index is 0.486. The lowest BCUT2D eigenvalue weighted by atomic mass is 10.2. The van der Waals surface area contributed by atoms with E-state index in [0.717, 1.165) is 36.5 Å². The quantitative estimate of drug-likeness (QED) is 0.594. The summed E-state index contributed by atoms with van der Waals surface area (Å²) in [6, 6.07) is 5.38. The lowest BCUT2D eigenvalue weighted by Gasteiger charge is -2.24. The number of nitrogens with zero attached hydrogens (tertiary/aromatic N) is 5. The third-order valence-corrected chi connectivity index (χ3v) is 5.74. The normalized spacial score (nSPS) is 21.3. The predicted molar refractivity (Wildman–Crippen MR) is 112 cm³/mol. The van der Waals surface area contributed by atoms with Crippen molar-refractivity contribution in [2.24, 2.45) is 4.99 Å². The average molecular weight is 382 g/mol. The molecule has 1 aliphatic heterocycles. The number of aliphatic imine (C=N–C) groups is 1. The molecule has 4 rings (SSSR count). The number of likely N-dealkylation sites (tertiary alicyclic amines) is 1. The van der Waals surface area contributed by atoms with Crippen LogP contribution >= 0.6 is 0 Å². The van der Waals surface area contributed by atoms with Crippen LogP contribution in [0.5, 0.6) is 0 Å². The van der Waals surface area contributed by atoms with Gasteiger partial charge in [-0.25, -0.2) is 15.0 Å². The van der Waals surface area contributed by atoms with Crippen molar-refractivity contribution in [2.45, 2.75) is 57.7 Å². The molecule has 28 heavy (non-hydrogen) atoms. The highest BCUT2D eigenvalue weighted by Crippen LogP contribution is 2.26. The van der Waals surface area contributed by atoms with E-state index in [4.69, 9.17) is 4.99 Å². The lowest BCUT2D eigenvalue weighted by molar-refractivity contribution is 0.242. The van der Waals surface area contributed by atoms with Gasteiger partial charge in [-0.05, 0) is 37.8 Å². The smallest absolute Gasteiger partial charge is 0.191 e. The lowest BCUT2D eigenvalue weighted by Crippen LogP contribution is -2.45. The summed E-state index contributed by atoms with van der Waals surface area (Å²) >= 11 is 0. The van der Waals surface area contributed by atoms with Crippen molar-refractivity contribution in [2.75, 3.05) is 19.6 Å². The van der Waals surface area contributed by atoms with Gasteiger partial charge in [0, 0.05) is 50.3 Å². The minimum Gasteiger partial charge on any atom is -0.357 e. The molecule has 0 radical (unpaired) electrons.